The van der Waals surface area contributed by atoms with E-state index in [-0.39, 0.29) is 6.03 Å². The first kappa shape index (κ1) is 15.6. The Hall–Kier alpha value is -2.27. The lowest BCUT2D eigenvalue weighted by molar-refractivity contribution is 0.208. The molecular weight excluding hydrogens is 312 g/mol. The molecule has 2 heterocycles. The number of nitrogens with zero attached hydrogens (tertiary/aromatic N) is 3. The van der Waals surface area contributed by atoms with E-state index in [4.69, 9.17) is 11.6 Å². The number of carbonyl (C=O) groups excluding carboxylic acids is 1. The quantitative estimate of drug-likeness (QED) is 0.918. The fraction of sp³-hybridized carbons (Fsp3) is 0.294. The fourth-order valence-electron chi connectivity index (χ4n) is 2.66. The number of nitrogens with one attached hydrogen (secondary N) is 1. The highest BCUT2D eigenvalue weighted by atomic mass is 35.5. The number of rotatable bonds is 2. The molecule has 0 spiro atoms. The van der Waals surface area contributed by atoms with Crippen LogP contribution in [-0.4, -0.2) is 42.1 Å². The average molecular weight is 331 g/mol. The highest BCUT2D eigenvalue weighted by Gasteiger charge is 2.21. The summed E-state index contributed by atoms with van der Waals surface area (Å²) < 4.78 is 0. The van der Waals surface area contributed by atoms with Crippen LogP contribution in [0.15, 0.2) is 42.7 Å². The smallest absolute Gasteiger partial charge is 0.321 e. The third kappa shape index (κ3) is 3.56. The van der Waals surface area contributed by atoms with Crippen molar-refractivity contribution in [2.45, 2.75) is 6.92 Å². The zero-order valence-corrected chi connectivity index (χ0v) is 13.8. The van der Waals surface area contributed by atoms with Gasteiger partial charge in [0, 0.05) is 55.0 Å². The number of hydrogen-bond donors (Lipinski definition) is 1. The number of benzene rings is 1. The molecule has 6 heteroatoms. The molecule has 0 atom stereocenters. The summed E-state index contributed by atoms with van der Waals surface area (Å²) in [5.41, 5.74) is 2.79. The molecule has 2 amide bonds. The first-order chi connectivity index (χ1) is 11.1. The third-order valence-corrected chi connectivity index (χ3v) is 4.51. The standard InChI is InChI=1S/C17H19ClN4O/c1-13-15(18)3-2-4-16(13)20-17(23)22-11-9-21(10-12-22)14-5-7-19-8-6-14/h2-8H,9-12H2,1H3,(H,20,23). The van der Waals surface area contributed by atoms with Crippen molar-refractivity contribution in [1.29, 1.82) is 0 Å². The molecule has 2 aromatic rings. The number of hydrogen-bond acceptors (Lipinski definition) is 3. The minimum absolute atomic E-state index is 0.0789. The number of aromatic nitrogens is 1. The topological polar surface area (TPSA) is 48.5 Å². The normalized spacial score (nSPS) is 14.7. The summed E-state index contributed by atoms with van der Waals surface area (Å²) >= 11 is 6.09. The van der Waals surface area contributed by atoms with E-state index in [1.54, 1.807) is 12.4 Å². The van der Waals surface area contributed by atoms with E-state index in [2.05, 4.69) is 15.2 Å². The first-order valence-corrected chi connectivity index (χ1v) is 7.99. The van der Waals surface area contributed by atoms with Crippen molar-refractivity contribution in [3.8, 4) is 0 Å². The van der Waals surface area contributed by atoms with Crippen molar-refractivity contribution in [1.82, 2.24) is 9.88 Å². The molecule has 0 saturated carbocycles. The van der Waals surface area contributed by atoms with E-state index < -0.39 is 0 Å². The van der Waals surface area contributed by atoms with Gasteiger partial charge in [0.2, 0.25) is 0 Å². The molecule has 1 N–H and O–H groups in total. The van der Waals surface area contributed by atoms with Gasteiger partial charge in [-0.15, -0.1) is 0 Å². The van der Waals surface area contributed by atoms with Crippen LogP contribution in [0.1, 0.15) is 5.56 Å². The Bertz CT molecular complexity index is 684. The van der Waals surface area contributed by atoms with E-state index in [9.17, 15) is 4.79 Å². The molecule has 0 radical (unpaired) electrons. The highest BCUT2D eigenvalue weighted by molar-refractivity contribution is 6.31. The van der Waals surface area contributed by atoms with E-state index in [0.717, 1.165) is 30.0 Å². The Balaban J connectivity index is 1.59. The summed E-state index contributed by atoms with van der Waals surface area (Å²) in [5.74, 6) is 0. The first-order valence-electron chi connectivity index (χ1n) is 7.61. The van der Waals surface area contributed by atoms with Crippen LogP contribution in [0, 0.1) is 6.92 Å². The molecule has 1 saturated heterocycles. The van der Waals surface area contributed by atoms with Crippen molar-refractivity contribution in [3.05, 3.63) is 53.3 Å². The molecule has 5 nitrogen and oxygen atoms in total. The molecule has 1 aromatic carbocycles. The fourth-order valence-corrected chi connectivity index (χ4v) is 2.83. The number of piperazine rings is 1. The van der Waals surface area contributed by atoms with Crippen LogP contribution >= 0.6 is 11.6 Å². The molecule has 120 valence electrons. The Morgan fingerprint density at radius 2 is 1.83 bits per heavy atom. The molecule has 1 aromatic heterocycles. The summed E-state index contributed by atoms with van der Waals surface area (Å²) in [5, 5.41) is 3.61. The van der Waals surface area contributed by atoms with Gasteiger partial charge in [-0.2, -0.15) is 0 Å². The molecule has 0 unspecified atom stereocenters. The molecule has 0 aliphatic carbocycles. The second-order valence-corrected chi connectivity index (χ2v) is 5.93. The Labute approximate surface area is 140 Å². The number of amides is 2. The van der Waals surface area contributed by atoms with E-state index in [0.29, 0.717) is 18.1 Å². The predicted molar refractivity (Wildman–Crippen MR) is 93.2 cm³/mol. The maximum atomic E-state index is 12.4. The van der Waals surface area contributed by atoms with Gasteiger partial charge in [0.25, 0.3) is 0 Å². The van der Waals surface area contributed by atoms with E-state index in [1.165, 1.54) is 0 Å². The zero-order chi connectivity index (χ0) is 16.2. The van der Waals surface area contributed by atoms with Gasteiger partial charge in [-0.05, 0) is 36.8 Å². The number of carbonyl (C=O) groups is 1. The maximum Gasteiger partial charge on any atom is 0.321 e. The van der Waals surface area contributed by atoms with Crippen LogP contribution in [0.3, 0.4) is 0 Å². The summed E-state index contributed by atoms with van der Waals surface area (Å²) in [6.07, 6.45) is 3.58. The van der Waals surface area contributed by atoms with Crippen molar-refractivity contribution in [2.24, 2.45) is 0 Å². The van der Waals surface area contributed by atoms with Crippen LogP contribution in [0.2, 0.25) is 5.02 Å². The van der Waals surface area contributed by atoms with Crippen LogP contribution in [0.25, 0.3) is 0 Å². The predicted octanol–water partition coefficient (Wildman–Crippen LogP) is 3.40. The SMILES string of the molecule is Cc1c(Cl)cccc1NC(=O)N1CCN(c2ccncc2)CC1. The van der Waals surface area contributed by atoms with Gasteiger partial charge in [-0.3, -0.25) is 4.98 Å². The van der Waals surface area contributed by atoms with Gasteiger partial charge in [0.1, 0.15) is 0 Å². The molecule has 1 aliphatic heterocycles. The van der Waals surface area contributed by atoms with Crippen LogP contribution in [-0.2, 0) is 0 Å². The Morgan fingerprint density at radius 3 is 2.52 bits per heavy atom. The minimum Gasteiger partial charge on any atom is -0.368 e. The van der Waals surface area contributed by atoms with Gasteiger partial charge in [0.15, 0.2) is 0 Å². The van der Waals surface area contributed by atoms with Gasteiger partial charge in [0.05, 0.1) is 0 Å². The number of pyridine rings is 1. The van der Waals surface area contributed by atoms with E-state index in [1.807, 2.05) is 42.2 Å². The second kappa shape index (κ2) is 6.87. The van der Waals surface area contributed by atoms with Crippen LogP contribution in [0.5, 0.6) is 0 Å². The Morgan fingerprint density at radius 1 is 1.13 bits per heavy atom. The lowest BCUT2D eigenvalue weighted by atomic mass is 10.2. The summed E-state index contributed by atoms with van der Waals surface area (Å²) in [6, 6.07) is 9.43. The monoisotopic (exact) mass is 330 g/mol. The number of halogens is 1. The van der Waals surface area contributed by atoms with Crippen LogP contribution in [0.4, 0.5) is 16.2 Å². The van der Waals surface area contributed by atoms with Gasteiger partial charge >= 0.3 is 6.03 Å². The molecule has 1 aliphatic rings. The summed E-state index contributed by atoms with van der Waals surface area (Å²) in [7, 11) is 0. The van der Waals surface area contributed by atoms with Gasteiger partial charge in [-0.25, -0.2) is 4.79 Å². The summed E-state index contributed by atoms with van der Waals surface area (Å²) in [4.78, 5) is 20.5. The number of urea groups is 1. The zero-order valence-electron chi connectivity index (χ0n) is 13.0. The molecule has 3 rings (SSSR count). The van der Waals surface area contributed by atoms with E-state index >= 15 is 0 Å². The minimum atomic E-state index is -0.0789. The van der Waals surface area contributed by atoms with Crippen molar-refractivity contribution >= 4 is 29.0 Å². The average Bonchev–Trinajstić information content (AvgIpc) is 2.60. The molecule has 23 heavy (non-hydrogen) atoms. The van der Waals surface area contributed by atoms with Crippen LogP contribution < -0.4 is 10.2 Å². The molecule has 1 fully saturated rings. The third-order valence-electron chi connectivity index (χ3n) is 4.10. The number of anilines is 2. The maximum absolute atomic E-state index is 12.4. The summed E-state index contributed by atoms with van der Waals surface area (Å²) in [6.45, 7) is 4.90. The highest BCUT2D eigenvalue weighted by Crippen LogP contribution is 2.23. The van der Waals surface area contributed by atoms with Crippen molar-refractivity contribution in [2.75, 3.05) is 36.4 Å². The second-order valence-electron chi connectivity index (χ2n) is 5.52. The molecule has 0 bridgehead atoms. The van der Waals surface area contributed by atoms with Gasteiger partial charge in [-0.1, -0.05) is 17.7 Å². The molecular formula is C17H19ClN4O. The Kier molecular flexibility index (Phi) is 4.67. The van der Waals surface area contributed by atoms with Crippen molar-refractivity contribution in [3.63, 3.8) is 0 Å². The lowest BCUT2D eigenvalue weighted by Gasteiger charge is -2.36. The largest absolute Gasteiger partial charge is 0.368 e. The van der Waals surface area contributed by atoms with Gasteiger partial charge < -0.3 is 15.1 Å². The lowest BCUT2D eigenvalue weighted by Crippen LogP contribution is -2.50. The van der Waals surface area contributed by atoms with Crippen molar-refractivity contribution < 1.29 is 4.79 Å².